The lowest BCUT2D eigenvalue weighted by atomic mass is 10.2. The molecule has 0 aliphatic carbocycles. The Bertz CT molecular complexity index is 722. The molecule has 5 heteroatoms. The standard InChI is InChI=1S/C14H10Cl2O2S/c1-10(13-8-7-11(15)9-14(13)16)19(17,18)12-5-3-2-4-6-12/h2-9H,1H2. The highest BCUT2D eigenvalue weighted by Crippen LogP contribution is 2.32. The van der Waals surface area contributed by atoms with Crippen LogP contribution >= 0.6 is 23.2 Å². The summed E-state index contributed by atoms with van der Waals surface area (Å²) >= 11 is 11.8. The van der Waals surface area contributed by atoms with Crippen LogP contribution in [0.4, 0.5) is 0 Å². The van der Waals surface area contributed by atoms with Crippen LogP contribution in [0.3, 0.4) is 0 Å². The molecule has 0 saturated heterocycles. The molecule has 98 valence electrons. The summed E-state index contributed by atoms with van der Waals surface area (Å²) < 4.78 is 24.8. The summed E-state index contributed by atoms with van der Waals surface area (Å²) in [7, 11) is -3.65. The van der Waals surface area contributed by atoms with E-state index < -0.39 is 9.84 Å². The number of halogens is 2. The lowest BCUT2D eigenvalue weighted by molar-refractivity contribution is 0.606. The summed E-state index contributed by atoms with van der Waals surface area (Å²) in [6, 6.07) is 12.7. The smallest absolute Gasteiger partial charge is 0.206 e. The summed E-state index contributed by atoms with van der Waals surface area (Å²) in [5.74, 6) is 0. The van der Waals surface area contributed by atoms with Gasteiger partial charge in [0.2, 0.25) is 9.84 Å². The van der Waals surface area contributed by atoms with Gasteiger partial charge in [-0.05, 0) is 24.3 Å². The Morgan fingerprint density at radius 3 is 2.21 bits per heavy atom. The topological polar surface area (TPSA) is 34.1 Å². The SMILES string of the molecule is C=C(c1ccc(Cl)cc1Cl)S(=O)(=O)c1ccccc1. The fraction of sp³-hybridized carbons (Fsp3) is 0. The molecule has 0 spiro atoms. The molecular formula is C14H10Cl2O2S. The molecule has 0 fully saturated rings. The third-order valence-electron chi connectivity index (χ3n) is 2.61. The first kappa shape index (κ1) is 14.1. The third kappa shape index (κ3) is 2.84. The van der Waals surface area contributed by atoms with Crippen molar-refractivity contribution in [1.82, 2.24) is 0 Å². The van der Waals surface area contributed by atoms with Crippen LogP contribution in [0.5, 0.6) is 0 Å². The molecule has 0 bridgehead atoms. The summed E-state index contributed by atoms with van der Waals surface area (Å²) in [6.45, 7) is 3.65. The molecule has 2 nitrogen and oxygen atoms in total. The van der Waals surface area contributed by atoms with Gasteiger partial charge in [-0.3, -0.25) is 0 Å². The van der Waals surface area contributed by atoms with Gasteiger partial charge in [0.25, 0.3) is 0 Å². The molecule has 2 rings (SSSR count). The Morgan fingerprint density at radius 2 is 1.63 bits per heavy atom. The normalized spacial score (nSPS) is 11.3. The second kappa shape index (κ2) is 5.37. The van der Waals surface area contributed by atoms with Crippen molar-refractivity contribution >= 4 is 37.9 Å². The van der Waals surface area contributed by atoms with Crippen LogP contribution in [0.15, 0.2) is 60.0 Å². The average Bonchev–Trinajstić information content (AvgIpc) is 2.39. The number of hydrogen-bond donors (Lipinski definition) is 0. The van der Waals surface area contributed by atoms with Crippen LogP contribution in [0.1, 0.15) is 5.56 Å². The predicted molar refractivity (Wildman–Crippen MR) is 79.1 cm³/mol. The minimum Gasteiger partial charge on any atom is -0.219 e. The zero-order valence-electron chi connectivity index (χ0n) is 9.81. The lowest BCUT2D eigenvalue weighted by Crippen LogP contribution is -2.03. The largest absolute Gasteiger partial charge is 0.219 e. The fourth-order valence-electron chi connectivity index (χ4n) is 1.60. The van der Waals surface area contributed by atoms with Gasteiger partial charge in [0.05, 0.1) is 14.8 Å². The monoisotopic (exact) mass is 312 g/mol. The van der Waals surface area contributed by atoms with E-state index in [0.29, 0.717) is 10.6 Å². The molecule has 19 heavy (non-hydrogen) atoms. The van der Waals surface area contributed by atoms with Crippen LogP contribution in [-0.2, 0) is 9.84 Å². The van der Waals surface area contributed by atoms with Crippen LogP contribution in [0.2, 0.25) is 10.0 Å². The molecule has 0 saturated carbocycles. The maximum absolute atomic E-state index is 12.4. The Hall–Kier alpha value is -1.29. The first-order valence-electron chi connectivity index (χ1n) is 5.37. The van der Waals surface area contributed by atoms with E-state index in [0.717, 1.165) is 0 Å². The third-order valence-corrected chi connectivity index (χ3v) is 4.92. The van der Waals surface area contributed by atoms with Crippen molar-refractivity contribution in [3.8, 4) is 0 Å². The molecule has 0 N–H and O–H groups in total. The molecule has 2 aromatic rings. The second-order valence-corrected chi connectivity index (χ2v) is 6.68. The molecule has 0 radical (unpaired) electrons. The zero-order chi connectivity index (χ0) is 14.0. The molecule has 0 heterocycles. The van der Waals surface area contributed by atoms with Crippen molar-refractivity contribution in [3.63, 3.8) is 0 Å². The Morgan fingerprint density at radius 1 is 1.00 bits per heavy atom. The van der Waals surface area contributed by atoms with Crippen molar-refractivity contribution in [2.24, 2.45) is 0 Å². The summed E-state index contributed by atoms with van der Waals surface area (Å²) in [4.78, 5) is 0.145. The van der Waals surface area contributed by atoms with E-state index in [1.807, 2.05) is 0 Å². The van der Waals surface area contributed by atoms with Gasteiger partial charge in [0.1, 0.15) is 0 Å². The van der Waals surface area contributed by atoms with E-state index in [9.17, 15) is 8.42 Å². The van der Waals surface area contributed by atoms with Crippen LogP contribution in [0, 0.1) is 0 Å². The minimum atomic E-state index is -3.65. The Kier molecular flexibility index (Phi) is 3.99. The van der Waals surface area contributed by atoms with E-state index in [1.165, 1.54) is 18.2 Å². The number of benzene rings is 2. The van der Waals surface area contributed by atoms with Crippen LogP contribution in [0.25, 0.3) is 4.91 Å². The van der Waals surface area contributed by atoms with E-state index >= 15 is 0 Å². The van der Waals surface area contributed by atoms with Gasteiger partial charge in [-0.25, -0.2) is 8.42 Å². The van der Waals surface area contributed by atoms with Crippen molar-refractivity contribution < 1.29 is 8.42 Å². The van der Waals surface area contributed by atoms with Gasteiger partial charge in [-0.2, -0.15) is 0 Å². The van der Waals surface area contributed by atoms with E-state index in [-0.39, 0.29) is 14.8 Å². The maximum Gasteiger partial charge on any atom is 0.206 e. The fourth-order valence-corrected chi connectivity index (χ4v) is 3.45. The second-order valence-electron chi connectivity index (χ2n) is 3.86. The number of hydrogen-bond acceptors (Lipinski definition) is 2. The number of rotatable bonds is 3. The quantitative estimate of drug-likeness (QED) is 0.839. The molecule has 0 amide bonds. The van der Waals surface area contributed by atoms with Gasteiger partial charge in [0, 0.05) is 10.6 Å². The number of sulfone groups is 1. The molecule has 0 aliphatic rings. The molecule has 0 aromatic heterocycles. The zero-order valence-corrected chi connectivity index (χ0v) is 12.1. The molecule has 0 aliphatic heterocycles. The highest BCUT2D eigenvalue weighted by molar-refractivity contribution is 8.00. The highest BCUT2D eigenvalue weighted by Gasteiger charge is 2.21. The summed E-state index contributed by atoms with van der Waals surface area (Å²) in [6.07, 6.45) is 0. The molecular weight excluding hydrogens is 303 g/mol. The lowest BCUT2D eigenvalue weighted by Gasteiger charge is -2.09. The van der Waals surface area contributed by atoms with Crippen LogP contribution < -0.4 is 0 Å². The first-order valence-corrected chi connectivity index (χ1v) is 7.61. The predicted octanol–water partition coefficient (Wildman–Crippen LogP) is 4.44. The minimum absolute atomic E-state index is 0.0413. The first-order chi connectivity index (χ1) is 8.93. The maximum atomic E-state index is 12.4. The van der Waals surface area contributed by atoms with Crippen LogP contribution in [-0.4, -0.2) is 8.42 Å². The van der Waals surface area contributed by atoms with Crippen molar-refractivity contribution in [1.29, 1.82) is 0 Å². The van der Waals surface area contributed by atoms with Crippen molar-refractivity contribution in [2.75, 3.05) is 0 Å². The summed E-state index contributed by atoms with van der Waals surface area (Å²) in [5, 5.41) is 0.704. The average molecular weight is 313 g/mol. The molecule has 0 atom stereocenters. The molecule has 0 unspecified atom stereocenters. The van der Waals surface area contributed by atoms with Crippen molar-refractivity contribution in [3.05, 3.63) is 70.7 Å². The Balaban J connectivity index is 2.50. The summed E-state index contributed by atoms with van der Waals surface area (Å²) in [5.41, 5.74) is 0.356. The highest BCUT2D eigenvalue weighted by atomic mass is 35.5. The van der Waals surface area contributed by atoms with E-state index in [1.54, 1.807) is 30.3 Å². The van der Waals surface area contributed by atoms with E-state index in [4.69, 9.17) is 23.2 Å². The van der Waals surface area contributed by atoms with Gasteiger partial charge in [-0.1, -0.05) is 54.0 Å². The van der Waals surface area contributed by atoms with E-state index in [2.05, 4.69) is 6.58 Å². The Labute approximate surface area is 122 Å². The van der Waals surface area contributed by atoms with Crippen molar-refractivity contribution in [2.45, 2.75) is 4.90 Å². The van der Waals surface area contributed by atoms with Gasteiger partial charge in [-0.15, -0.1) is 0 Å². The van der Waals surface area contributed by atoms with Gasteiger partial charge >= 0.3 is 0 Å². The van der Waals surface area contributed by atoms with Gasteiger partial charge < -0.3 is 0 Å². The van der Waals surface area contributed by atoms with Gasteiger partial charge in [0.15, 0.2) is 0 Å². The molecule has 2 aromatic carbocycles.